The van der Waals surface area contributed by atoms with E-state index in [1.807, 2.05) is 0 Å². The summed E-state index contributed by atoms with van der Waals surface area (Å²) >= 11 is 7.58. The van der Waals surface area contributed by atoms with Crippen molar-refractivity contribution in [1.29, 1.82) is 0 Å². The Labute approximate surface area is 187 Å². The van der Waals surface area contributed by atoms with Gasteiger partial charge in [0, 0.05) is 29.5 Å². The molecular weight excluding hydrogens is 437 g/mol. The molecule has 2 N–H and O–H groups in total. The first kappa shape index (κ1) is 20.0. The van der Waals surface area contributed by atoms with E-state index in [0.29, 0.717) is 16.3 Å². The van der Waals surface area contributed by atoms with E-state index in [9.17, 15) is 9.18 Å². The Kier molecular flexibility index (Phi) is 5.33. The van der Waals surface area contributed by atoms with E-state index in [1.54, 1.807) is 47.4 Å². The number of anilines is 1. The summed E-state index contributed by atoms with van der Waals surface area (Å²) in [5.41, 5.74) is 1.90. The summed E-state index contributed by atoms with van der Waals surface area (Å²) in [4.78, 5) is 17.7. The molecule has 6 nitrogen and oxygen atoms in total. The van der Waals surface area contributed by atoms with Gasteiger partial charge in [0.15, 0.2) is 5.13 Å². The predicted octanol–water partition coefficient (Wildman–Crippen LogP) is 5.04. The van der Waals surface area contributed by atoms with Gasteiger partial charge in [0.05, 0.1) is 21.5 Å². The zero-order valence-corrected chi connectivity index (χ0v) is 18.0. The molecule has 0 saturated heterocycles. The minimum Gasteiger partial charge on any atom is -0.357 e. The molecular formula is C22H19ClFN5OS. The molecule has 2 atom stereocenters. The number of nitrogens with zero attached hydrogens (tertiary/aromatic N) is 3. The van der Waals surface area contributed by atoms with Crippen molar-refractivity contribution in [2.75, 3.05) is 5.32 Å². The van der Waals surface area contributed by atoms with E-state index < -0.39 is 0 Å². The second-order valence-corrected chi connectivity index (χ2v) is 8.97. The summed E-state index contributed by atoms with van der Waals surface area (Å²) in [6.45, 7) is 0. The monoisotopic (exact) mass is 455 g/mol. The third-order valence-electron chi connectivity index (χ3n) is 5.45. The highest BCUT2D eigenvalue weighted by atomic mass is 35.5. The molecule has 1 aliphatic carbocycles. The maximum atomic E-state index is 13.5. The maximum absolute atomic E-state index is 13.5. The number of hydrogen-bond donors (Lipinski definition) is 2. The molecule has 5 rings (SSSR count). The highest BCUT2D eigenvalue weighted by Crippen LogP contribution is 2.30. The Morgan fingerprint density at radius 2 is 2.06 bits per heavy atom. The van der Waals surface area contributed by atoms with E-state index >= 15 is 0 Å². The molecule has 1 saturated carbocycles. The topological polar surface area (TPSA) is 71.8 Å². The fraction of sp³-hybridized carbons (Fsp3) is 0.227. The van der Waals surface area contributed by atoms with Crippen molar-refractivity contribution in [3.8, 4) is 5.69 Å². The number of hydrogen-bond acceptors (Lipinski definition) is 5. The van der Waals surface area contributed by atoms with Gasteiger partial charge in [-0.2, -0.15) is 5.10 Å². The lowest BCUT2D eigenvalue weighted by Crippen LogP contribution is -2.43. The quantitative estimate of drug-likeness (QED) is 0.442. The minimum absolute atomic E-state index is 0.0432. The summed E-state index contributed by atoms with van der Waals surface area (Å²) in [6.07, 6.45) is 6.22. The molecule has 1 fully saturated rings. The van der Waals surface area contributed by atoms with Crippen LogP contribution in [-0.2, 0) is 0 Å². The SMILES string of the molecule is O=C(NC1CCCC1Nc1nc2ccc(F)cc2s1)c1cc(Cl)ccc1-n1cccn1. The van der Waals surface area contributed by atoms with Crippen molar-refractivity contribution in [3.63, 3.8) is 0 Å². The van der Waals surface area contributed by atoms with E-state index in [2.05, 4.69) is 20.7 Å². The van der Waals surface area contributed by atoms with Crippen LogP contribution in [0.3, 0.4) is 0 Å². The number of thiazole rings is 1. The van der Waals surface area contributed by atoms with Gasteiger partial charge in [0.2, 0.25) is 0 Å². The van der Waals surface area contributed by atoms with Crippen LogP contribution in [-0.4, -0.2) is 32.8 Å². The molecule has 0 bridgehead atoms. The van der Waals surface area contributed by atoms with Gasteiger partial charge in [0.1, 0.15) is 5.82 Å². The molecule has 2 unspecified atom stereocenters. The first-order chi connectivity index (χ1) is 15.1. The van der Waals surface area contributed by atoms with Gasteiger partial charge in [-0.15, -0.1) is 0 Å². The van der Waals surface area contributed by atoms with E-state index in [4.69, 9.17) is 11.6 Å². The van der Waals surface area contributed by atoms with Gasteiger partial charge in [0.25, 0.3) is 5.91 Å². The van der Waals surface area contributed by atoms with Crippen molar-refractivity contribution < 1.29 is 9.18 Å². The highest BCUT2D eigenvalue weighted by Gasteiger charge is 2.30. The van der Waals surface area contributed by atoms with Gasteiger partial charge in [-0.3, -0.25) is 4.79 Å². The van der Waals surface area contributed by atoms with Crippen LogP contribution in [0, 0.1) is 5.82 Å². The van der Waals surface area contributed by atoms with Crippen LogP contribution in [0.25, 0.3) is 15.9 Å². The van der Waals surface area contributed by atoms with Gasteiger partial charge in [-0.1, -0.05) is 22.9 Å². The van der Waals surface area contributed by atoms with Gasteiger partial charge in [-0.05, 0) is 61.7 Å². The summed E-state index contributed by atoms with van der Waals surface area (Å²) in [7, 11) is 0. The van der Waals surface area contributed by atoms with Crippen LogP contribution < -0.4 is 10.6 Å². The fourth-order valence-corrected chi connectivity index (χ4v) is 5.10. The molecule has 158 valence electrons. The first-order valence-electron chi connectivity index (χ1n) is 10.00. The average molecular weight is 456 g/mol. The molecule has 9 heteroatoms. The van der Waals surface area contributed by atoms with E-state index in [0.717, 1.165) is 34.6 Å². The first-order valence-corrected chi connectivity index (χ1v) is 11.2. The van der Waals surface area contributed by atoms with Gasteiger partial charge >= 0.3 is 0 Å². The zero-order chi connectivity index (χ0) is 21.4. The lowest BCUT2D eigenvalue weighted by atomic mass is 10.1. The van der Waals surface area contributed by atoms with Crippen LogP contribution in [0.4, 0.5) is 9.52 Å². The number of carbonyl (C=O) groups excluding carboxylic acids is 1. The van der Waals surface area contributed by atoms with E-state index in [-0.39, 0.29) is 23.8 Å². The number of benzene rings is 2. The second kappa shape index (κ2) is 8.28. The predicted molar refractivity (Wildman–Crippen MR) is 121 cm³/mol. The summed E-state index contributed by atoms with van der Waals surface area (Å²) in [6, 6.07) is 11.6. The summed E-state index contributed by atoms with van der Waals surface area (Å²) in [5, 5.41) is 12.0. The van der Waals surface area contributed by atoms with Crippen LogP contribution >= 0.6 is 22.9 Å². The number of amides is 1. The number of rotatable bonds is 5. The third-order valence-corrected chi connectivity index (χ3v) is 6.63. The molecule has 1 amide bonds. The molecule has 2 aromatic heterocycles. The molecule has 2 aromatic carbocycles. The number of aromatic nitrogens is 3. The number of nitrogens with one attached hydrogen (secondary N) is 2. The molecule has 0 radical (unpaired) electrons. The Morgan fingerprint density at radius 3 is 2.90 bits per heavy atom. The Hall–Kier alpha value is -2.97. The molecule has 4 aromatic rings. The second-order valence-electron chi connectivity index (χ2n) is 7.50. The number of carbonyl (C=O) groups is 1. The lowest BCUT2D eigenvalue weighted by molar-refractivity contribution is 0.0935. The minimum atomic E-state index is -0.275. The summed E-state index contributed by atoms with van der Waals surface area (Å²) in [5.74, 6) is -0.471. The lowest BCUT2D eigenvalue weighted by Gasteiger charge is -2.22. The van der Waals surface area contributed by atoms with Crippen molar-refractivity contribution in [2.24, 2.45) is 0 Å². The third kappa shape index (κ3) is 4.13. The fourth-order valence-electron chi connectivity index (χ4n) is 3.97. The van der Waals surface area contributed by atoms with Gasteiger partial charge < -0.3 is 10.6 Å². The van der Waals surface area contributed by atoms with E-state index in [1.165, 1.54) is 23.5 Å². The van der Waals surface area contributed by atoms with Gasteiger partial charge in [-0.25, -0.2) is 14.1 Å². The normalized spacial score (nSPS) is 18.4. The molecule has 0 spiro atoms. The molecule has 1 aliphatic rings. The molecule has 31 heavy (non-hydrogen) atoms. The van der Waals surface area contributed by atoms with Crippen LogP contribution in [0.2, 0.25) is 5.02 Å². The zero-order valence-electron chi connectivity index (χ0n) is 16.4. The Morgan fingerprint density at radius 1 is 1.19 bits per heavy atom. The number of fused-ring (bicyclic) bond motifs is 1. The van der Waals surface area contributed by atoms with Crippen LogP contribution in [0.1, 0.15) is 29.6 Å². The highest BCUT2D eigenvalue weighted by molar-refractivity contribution is 7.22. The van der Waals surface area contributed by atoms with Crippen LogP contribution in [0.5, 0.6) is 0 Å². The Balaban J connectivity index is 1.34. The van der Waals surface area contributed by atoms with Crippen LogP contribution in [0.15, 0.2) is 54.9 Å². The van der Waals surface area contributed by atoms with Crippen molar-refractivity contribution in [1.82, 2.24) is 20.1 Å². The molecule has 0 aliphatic heterocycles. The average Bonchev–Trinajstić information content (AvgIpc) is 3.49. The van der Waals surface area contributed by atoms with Crippen molar-refractivity contribution >= 4 is 44.2 Å². The standard InChI is InChI=1S/C22H19ClFN5OS/c23-13-5-8-19(29-10-2-9-25-29)15(11-13)21(30)26-16-3-1-4-17(16)27-22-28-18-7-6-14(24)12-20(18)31-22/h2,5-12,16-17H,1,3-4H2,(H,26,30)(H,27,28). The maximum Gasteiger partial charge on any atom is 0.253 e. The van der Waals surface area contributed by atoms with Crippen molar-refractivity contribution in [2.45, 2.75) is 31.3 Å². The number of halogens is 2. The molecule has 2 heterocycles. The Bertz CT molecular complexity index is 1240. The largest absolute Gasteiger partial charge is 0.357 e. The van der Waals surface area contributed by atoms with Crippen molar-refractivity contribution in [3.05, 3.63) is 71.3 Å². The smallest absolute Gasteiger partial charge is 0.253 e. The summed E-state index contributed by atoms with van der Waals surface area (Å²) < 4.78 is 15.9.